The van der Waals surface area contributed by atoms with Crippen LogP contribution in [0.5, 0.6) is 0 Å². The predicted molar refractivity (Wildman–Crippen MR) is 70.2 cm³/mol. The van der Waals surface area contributed by atoms with Crippen molar-refractivity contribution in [3.8, 4) is 0 Å². The molecule has 0 N–H and O–H groups in total. The Morgan fingerprint density at radius 2 is 2.06 bits per heavy atom. The van der Waals surface area contributed by atoms with Gasteiger partial charge in [-0.1, -0.05) is 6.92 Å². The molecule has 0 aromatic carbocycles. The van der Waals surface area contributed by atoms with Gasteiger partial charge in [0.05, 0.1) is 5.69 Å². The molecule has 4 heteroatoms. The van der Waals surface area contributed by atoms with Crippen molar-refractivity contribution in [2.45, 2.75) is 45.1 Å². The topological polar surface area (TPSA) is 27.1 Å². The van der Waals surface area contributed by atoms with E-state index in [-0.39, 0.29) is 0 Å². The lowest BCUT2D eigenvalue weighted by atomic mass is 9.96. The van der Waals surface area contributed by atoms with Crippen LogP contribution in [-0.2, 0) is 17.7 Å². The van der Waals surface area contributed by atoms with Crippen LogP contribution in [0.3, 0.4) is 0 Å². The highest BCUT2D eigenvalue weighted by molar-refractivity contribution is 9.10. The molecule has 1 aromatic rings. The standard InChI is InChI=1S/C13H19BrN2O/c1-9-2-5-16-11(8-9)12(14)15-13(16)10-3-6-17-7-4-10/h9-10H,2-8H2,1H3. The second kappa shape index (κ2) is 4.73. The number of halogens is 1. The monoisotopic (exact) mass is 298 g/mol. The molecule has 1 atom stereocenters. The third kappa shape index (κ3) is 2.17. The van der Waals surface area contributed by atoms with Gasteiger partial charge in [0.25, 0.3) is 0 Å². The number of aromatic nitrogens is 2. The van der Waals surface area contributed by atoms with E-state index in [1.165, 1.54) is 17.9 Å². The third-order valence-electron chi connectivity index (χ3n) is 4.03. The molecule has 1 aromatic heterocycles. The van der Waals surface area contributed by atoms with Crippen molar-refractivity contribution in [1.29, 1.82) is 0 Å². The van der Waals surface area contributed by atoms with E-state index in [9.17, 15) is 0 Å². The lowest BCUT2D eigenvalue weighted by molar-refractivity contribution is 0.0825. The van der Waals surface area contributed by atoms with Crippen molar-refractivity contribution in [2.24, 2.45) is 5.92 Å². The van der Waals surface area contributed by atoms with Crippen molar-refractivity contribution < 1.29 is 4.74 Å². The van der Waals surface area contributed by atoms with Crippen LogP contribution in [0.15, 0.2) is 4.60 Å². The summed E-state index contributed by atoms with van der Waals surface area (Å²) in [7, 11) is 0. The zero-order chi connectivity index (χ0) is 11.8. The number of fused-ring (bicyclic) bond motifs is 1. The van der Waals surface area contributed by atoms with Gasteiger partial charge in [0.1, 0.15) is 10.4 Å². The summed E-state index contributed by atoms with van der Waals surface area (Å²) < 4.78 is 8.97. The van der Waals surface area contributed by atoms with Gasteiger partial charge < -0.3 is 9.30 Å². The van der Waals surface area contributed by atoms with Crippen LogP contribution in [0.4, 0.5) is 0 Å². The summed E-state index contributed by atoms with van der Waals surface area (Å²) in [6.07, 6.45) is 4.69. The maximum absolute atomic E-state index is 5.44. The number of nitrogens with zero attached hydrogens (tertiary/aromatic N) is 2. The zero-order valence-electron chi connectivity index (χ0n) is 10.3. The maximum Gasteiger partial charge on any atom is 0.127 e. The molecule has 94 valence electrons. The lowest BCUT2D eigenvalue weighted by Gasteiger charge is -2.26. The minimum atomic E-state index is 0.599. The Hall–Kier alpha value is -0.350. The summed E-state index contributed by atoms with van der Waals surface area (Å²) in [5.74, 6) is 2.68. The second-order valence-corrected chi connectivity index (χ2v) is 6.09. The minimum Gasteiger partial charge on any atom is -0.381 e. The summed E-state index contributed by atoms with van der Waals surface area (Å²) >= 11 is 3.63. The fraction of sp³-hybridized carbons (Fsp3) is 0.769. The molecule has 2 aliphatic heterocycles. The first kappa shape index (κ1) is 11.7. The van der Waals surface area contributed by atoms with Crippen molar-refractivity contribution >= 4 is 15.9 Å². The van der Waals surface area contributed by atoms with E-state index in [0.29, 0.717) is 5.92 Å². The van der Waals surface area contributed by atoms with Crippen LogP contribution in [0.1, 0.15) is 43.6 Å². The van der Waals surface area contributed by atoms with Crippen LogP contribution in [0, 0.1) is 5.92 Å². The first-order valence-corrected chi connectivity index (χ1v) is 7.37. The Kier molecular flexibility index (Phi) is 3.26. The maximum atomic E-state index is 5.44. The summed E-state index contributed by atoms with van der Waals surface area (Å²) in [5.41, 5.74) is 1.41. The van der Waals surface area contributed by atoms with Gasteiger partial charge in [-0.25, -0.2) is 4.98 Å². The van der Waals surface area contributed by atoms with Crippen molar-refractivity contribution in [3.05, 3.63) is 16.1 Å². The predicted octanol–water partition coefficient (Wildman–Crippen LogP) is 3.12. The number of hydrogen-bond acceptors (Lipinski definition) is 2. The van der Waals surface area contributed by atoms with Gasteiger partial charge >= 0.3 is 0 Å². The summed E-state index contributed by atoms with van der Waals surface area (Å²) in [6, 6.07) is 0. The van der Waals surface area contributed by atoms with E-state index in [4.69, 9.17) is 9.72 Å². The Morgan fingerprint density at radius 3 is 2.82 bits per heavy atom. The molecule has 1 unspecified atom stereocenters. The fourth-order valence-electron chi connectivity index (χ4n) is 2.97. The minimum absolute atomic E-state index is 0.599. The highest BCUT2D eigenvalue weighted by Gasteiger charge is 2.27. The van der Waals surface area contributed by atoms with Crippen LogP contribution in [-0.4, -0.2) is 22.8 Å². The summed E-state index contributed by atoms with van der Waals surface area (Å²) in [5, 5.41) is 0. The van der Waals surface area contributed by atoms with Crippen LogP contribution in [0.25, 0.3) is 0 Å². The highest BCUT2D eigenvalue weighted by Crippen LogP contribution is 2.34. The van der Waals surface area contributed by atoms with Gasteiger partial charge in [-0.15, -0.1) is 0 Å². The van der Waals surface area contributed by atoms with Crippen LogP contribution >= 0.6 is 15.9 Å². The molecular weight excluding hydrogens is 280 g/mol. The SMILES string of the molecule is CC1CCn2c(C3CCOCC3)nc(Br)c2C1. The molecule has 0 saturated carbocycles. The molecular formula is C13H19BrN2O. The average Bonchev–Trinajstić information content (AvgIpc) is 2.68. The smallest absolute Gasteiger partial charge is 0.127 e. The molecule has 0 amide bonds. The first-order chi connectivity index (χ1) is 8.25. The number of imidazole rings is 1. The van der Waals surface area contributed by atoms with Gasteiger partial charge in [0.15, 0.2) is 0 Å². The molecule has 1 saturated heterocycles. The Labute approximate surface area is 111 Å². The third-order valence-corrected chi connectivity index (χ3v) is 4.66. The molecule has 17 heavy (non-hydrogen) atoms. The van der Waals surface area contributed by atoms with E-state index in [2.05, 4.69) is 27.4 Å². The Balaban J connectivity index is 1.92. The zero-order valence-corrected chi connectivity index (χ0v) is 11.9. The van der Waals surface area contributed by atoms with Gasteiger partial charge in [-0.2, -0.15) is 0 Å². The average molecular weight is 299 g/mol. The van der Waals surface area contributed by atoms with E-state index in [1.54, 1.807) is 0 Å². The second-order valence-electron chi connectivity index (χ2n) is 5.34. The van der Waals surface area contributed by atoms with Gasteiger partial charge in [-0.3, -0.25) is 0 Å². The molecule has 3 rings (SSSR count). The van der Waals surface area contributed by atoms with E-state index >= 15 is 0 Å². The number of rotatable bonds is 1. The van der Waals surface area contributed by atoms with Crippen LogP contribution < -0.4 is 0 Å². The Bertz CT molecular complexity index is 410. The van der Waals surface area contributed by atoms with E-state index in [0.717, 1.165) is 49.5 Å². The number of hydrogen-bond donors (Lipinski definition) is 0. The van der Waals surface area contributed by atoms with Crippen LogP contribution in [0.2, 0.25) is 0 Å². The molecule has 0 spiro atoms. The normalized spacial score (nSPS) is 25.9. The molecule has 0 bridgehead atoms. The largest absolute Gasteiger partial charge is 0.381 e. The molecule has 0 aliphatic carbocycles. The summed E-state index contributed by atoms with van der Waals surface area (Å²) in [4.78, 5) is 4.77. The van der Waals surface area contributed by atoms with E-state index < -0.39 is 0 Å². The molecule has 1 fully saturated rings. The first-order valence-electron chi connectivity index (χ1n) is 6.58. The highest BCUT2D eigenvalue weighted by atomic mass is 79.9. The lowest BCUT2D eigenvalue weighted by Crippen LogP contribution is -2.22. The van der Waals surface area contributed by atoms with Crippen molar-refractivity contribution in [3.63, 3.8) is 0 Å². The number of ether oxygens (including phenoxy) is 1. The molecule has 3 heterocycles. The molecule has 2 aliphatic rings. The molecule has 0 radical (unpaired) electrons. The fourth-order valence-corrected chi connectivity index (χ4v) is 3.53. The van der Waals surface area contributed by atoms with Crippen molar-refractivity contribution in [2.75, 3.05) is 13.2 Å². The van der Waals surface area contributed by atoms with Crippen molar-refractivity contribution in [1.82, 2.24) is 9.55 Å². The van der Waals surface area contributed by atoms with Gasteiger partial charge in [0.2, 0.25) is 0 Å². The summed E-state index contributed by atoms with van der Waals surface area (Å²) in [6.45, 7) is 5.25. The van der Waals surface area contributed by atoms with Gasteiger partial charge in [-0.05, 0) is 47.5 Å². The quantitative estimate of drug-likeness (QED) is 0.796. The van der Waals surface area contributed by atoms with E-state index in [1.807, 2.05) is 0 Å². The Morgan fingerprint density at radius 1 is 1.29 bits per heavy atom. The molecule has 3 nitrogen and oxygen atoms in total. The van der Waals surface area contributed by atoms with Gasteiger partial charge in [0, 0.05) is 25.7 Å².